The average molecular weight is 290 g/mol. The third-order valence-electron chi connectivity index (χ3n) is 3.98. The summed E-state index contributed by atoms with van der Waals surface area (Å²) in [5, 5.41) is 0. The van der Waals surface area contributed by atoms with Gasteiger partial charge < -0.3 is 15.4 Å². The molecule has 116 valence electrons. The zero-order valence-corrected chi connectivity index (χ0v) is 13.3. The summed E-state index contributed by atoms with van der Waals surface area (Å²) < 4.78 is 5.91. The van der Waals surface area contributed by atoms with Gasteiger partial charge in [0.25, 0.3) is 5.91 Å². The number of carbonyl (C=O) groups is 1. The van der Waals surface area contributed by atoms with Gasteiger partial charge in [-0.3, -0.25) is 4.79 Å². The Morgan fingerprint density at radius 2 is 1.90 bits per heavy atom. The molecule has 4 nitrogen and oxygen atoms in total. The predicted octanol–water partition coefficient (Wildman–Crippen LogP) is 2.79. The van der Waals surface area contributed by atoms with E-state index in [-0.39, 0.29) is 11.9 Å². The maximum atomic E-state index is 12.4. The lowest BCUT2D eigenvalue weighted by Gasteiger charge is -2.29. The van der Waals surface area contributed by atoms with Gasteiger partial charge in [0.2, 0.25) is 0 Å². The van der Waals surface area contributed by atoms with Gasteiger partial charge in [-0.05, 0) is 46.1 Å². The average Bonchev–Trinajstić information content (AvgIpc) is 2.49. The van der Waals surface area contributed by atoms with Crippen LogP contribution in [0.5, 0.6) is 5.75 Å². The third-order valence-corrected chi connectivity index (χ3v) is 3.98. The van der Waals surface area contributed by atoms with Crippen molar-refractivity contribution in [3.63, 3.8) is 0 Å². The Hall–Kier alpha value is -1.55. The summed E-state index contributed by atoms with van der Waals surface area (Å²) in [5.41, 5.74) is 8.10. The second-order valence-corrected chi connectivity index (χ2v) is 5.98. The van der Waals surface area contributed by atoms with Crippen molar-refractivity contribution in [2.75, 3.05) is 13.1 Å². The maximum Gasteiger partial charge on any atom is 0.263 e. The summed E-state index contributed by atoms with van der Waals surface area (Å²) >= 11 is 0. The zero-order valence-electron chi connectivity index (χ0n) is 13.3. The normalized spacial score (nSPS) is 18.2. The van der Waals surface area contributed by atoms with Crippen molar-refractivity contribution in [1.29, 1.82) is 0 Å². The number of piperidine rings is 1. The number of nitrogens with two attached hydrogens (primary N) is 1. The van der Waals surface area contributed by atoms with E-state index in [1.54, 1.807) is 0 Å². The first kappa shape index (κ1) is 15.8. The number of hydrogen-bond donors (Lipinski definition) is 1. The molecule has 4 heteroatoms. The summed E-state index contributed by atoms with van der Waals surface area (Å²) in [7, 11) is 0. The zero-order chi connectivity index (χ0) is 15.4. The molecule has 1 aromatic carbocycles. The predicted molar refractivity (Wildman–Crippen MR) is 84.3 cm³/mol. The Morgan fingerprint density at radius 3 is 2.52 bits per heavy atom. The van der Waals surface area contributed by atoms with Crippen LogP contribution in [0.3, 0.4) is 0 Å². The van der Waals surface area contributed by atoms with Gasteiger partial charge >= 0.3 is 0 Å². The number of nitrogens with zero attached hydrogens (tertiary/aromatic N) is 1. The maximum absolute atomic E-state index is 12.4. The van der Waals surface area contributed by atoms with Crippen molar-refractivity contribution in [2.45, 2.75) is 52.2 Å². The van der Waals surface area contributed by atoms with Crippen molar-refractivity contribution >= 4 is 5.91 Å². The van der Waals surface area contributed by atoms with Crippen LogP contribution in [0, 0.1) is 6.92 Å². The van der Waals surface area contributed by atoms with Gasteiger partial charge in [-0.2, -0.15) is 0 Å². The van der Waals surface area contributed by atoms with Crippen molar-refractivity contribution in [3.05, 3.63) is 29.3 Å². The van der Waals surface area contributed by atoms with Crippen LogP contribution in [0.1, 0.15) is 50.3 Å². The van der Waals surface area contributed by atoms with E-state index >= 15 is 0 Å². The SMILES string of the molecule is Cc1ccc(OC(C)C(=O)N2CCCCC2)c(C(C)N)c1. The molecule has 0 spiro atoms. The fraction of sp³-hybridized carbons (Fsp3) is 0.588. The summed E-state index contributed by atoms with van der Waals surface area (Å²) in [6.45, 7) is 7.47. The van der Waals surface area contributed by atoms with Crippen molar-refractivity contribution in [3.8, 4) is 5.75 Å². The van der Waals surface area contributed by atoms with E-state index in [1.165, 1.54) is 6.42 Å². The highest BCUT2D eigenvalue weighted by molar-refractivity contribution is 5.81. The minimum Gasteiger partial charge on any atom is -0.481 e. The molecule has 1 saturated heterocycles. The number of carbonyl (C=O) groups excluding carboxylic acids is 1. The minimum absolute atomic E-state index is 0.0749. The second-order valence-electron chi connectivity index (χ2n) is 5.98. The molecule has 0 saturated carbocycles. The van der Waals surface area contributed by atoms with Gasteiger partial charge in [-0.15, -0.1) is 0 Å². The summed E-state index contributed by atoms with van der Waals surface area (Å²) in [5.74, 6) is 0.791. The molecule has 1 aliphatic heterocycles. The molecule has 1 aromatic rings. The number of likely N-dealkylation sites (tertiary alicyclic amines) is 1. The Kier molecular flexibility index (Phi) is 5.23. The quantitative estimate of drug-likeness (QED) is 0.927. The molecule has 2 atom stereocenters. The van der Waals surface area contributed by atoms with Crippen LogP contribution >= 0.6 is 0 Å². The number of hydrogen-bond acceptors (Lipinski definition) is 3. The Bertz CT molecular complexity index is 494. The topological polar surface area (TPSA) is 55.6 Å². The van der Waals surface area contributed by atoms with Crippen LogP contribution in [-0.4, -0.2) is 30.0 Å². The van der Waals surface area contributed by atoms with Gasteiger partial charge in [0.1, 0.15) is 5.75 Å². The fourth-order valence-corrected chi connectivity index (χ4v) is 2.74. The Morgan fingerprint density at radius 1 is 1.24 bits per heavy atom. The highest BCUT2D eigenvalue weighted by Crippen LogP contribution is 2.26. The van der Waals surface area contributed by atoms with Gasteiger partial charge in [0.15, 0.2) is 6.10 Å². The highest BCUT2D eigenvalue weighted by Gasteiger charge is 2.24. The van der Waals surface area contributed by atoms with Crippen LogP contribution in [0.4, 0.5) is 0 Å². The monoisotopic (exact) mass is 290 g/mol. The number of benzene rings is 1. The first-order valence-corrected chi connectivity index (χ1v) is 7.80. The molecule has 21 heavy (non-hydrogen) atoms. The van der Waals surface area contributed by atoms with E-state index < -0.39 is 6.10 Å². The summed E-state index contributed by atoms with van der Waals surface area (Å²) in [4.78, 5) is 14.3. The van der Waals surface area contributed by atoms with E-state index in [4.69, 9.17) is 10.5 Å². The molecule has 0 bridgehead atoms. The van der Waals surface area contributed by atoms with Gasteiger partial charge in [-0.25, -0.2) is 0 Å². The lowest BCUT2D eigenvalue weighted by atomic mass is 10.0. The van der Waals surface area contributed by atoms with Crippen LogP contribution < -0.4 is 10.5 Å². The van der Waals surface area contributed by atoms with Crippen LogP contribution in [0.25, 0.3) is 0 Å². The van der Waals surface area contributed by atoms with Crippen LogP contribution in [-0.2, 0) is 4.79 Å². The number of amides is 1. The molecular weight excluding hydrogens is 264 g/mol. The van der Waals surface area contributed by atoms with Crippen molar-refractivity contribution in [2.24, 2.45) is 5.73 Å². The molecule has 0 aromatic heterocycles. The molecule has 1 aliphatic rings. The van der Waals surface area contributed by atoms with E-state index in [2.05, 4.69) is 0 Å². The van der Waals surface area contributed by atoms with E-state index in [0.717, 1.165) is 37.1 Å². The molecule has 1 fully saturated rings. The molecule has 1 heterocycles. The first-order chi connectivity index (χ1) is 9.99. The molecule has 2 N–H and O–H groups in total. The summed E-state index contributed by atoms with van der Waals surface area (Å²) in [6, 6.07) is 5.81. The third kappa shape index (κ3) is 3.97. The van der Waals surface area contributed by atoms with E-state index in [9.17, 15) is 4.79 Å². The summed E-state index contributed by atoms with van der Waals surface area (Å²) in [6.07, 6.45) is 2.93. The molecular formula is C17H26N2O2. The molecule has 0 radical (unpaired) electrons. The second kappa shape index (κ2) is 6.94. The van der Waals surface area contributed by atoms with Crippen LogP contribution in [0.2, 0.25) is 0 Å². The fourth-order valence-electron chi connectivity index (χ4n) is 2.74. The molecule has 2 rings (SSSR count). The standard InChI is InChI=1S/C17H26N2O2/c1-12-7-8-16(15(11-12)13(2)18)21-14(3)17(20)19-9-5-4-6-10-19/h7-8,11,13-14H,4-6,9-10,18H2,1-3H3. The Balaban J connectivity index is 2.08. The molecule has 1 amide bonds. The van der Waals surface area contributed by atoms with Crippen molar-refractivity contribution < 1.29 is 9.53 Å². The van der Waals surface area contributed by atoms with Crippen molar-refractivity contribution in [1.82, 2.24) is 4.90 Å². The number of aryl methyl sites for hydroxylation is 1. The van der Waals surface area contributed by atoms with E-state index in [1.807, 2.05) is 43.9 Å². The minimum atomic E-state index is -0.469. The van der Waals surface area contributed by atoms with E-state index in [0.29, 0.717) is 5.75 Å². The smallest absolute Gasteiger partial charge is 0.263 e. The molecule has 0 aliphatic carbocycles. The Labute approximate surface area is 127 Å². The van der Waals surface area contributed by atoms with Crippen LogP contribution in [0.15, 0.2) is 18.2 Å². The molecule has 2 unspecified atom stereocenters. The number of rotatable bonds is 4. The largest absolute Gasteiger partial charge is 0.481 e. The van der Waals surface area contributed by atoms with Gasteiger partial charge in [0.05, 0.1) is 0 Å². The number of ether oxygens (including phenoxy) is 1. The lowest BCUT2D eigenvalue weighted by molar-refractivity contribution is -0.138. The van der Waals surface area contributed by atoms with Gasteiger partial charge in [0, 0.05) is 24.7 Å². The lowest BCUT2D eigenvalue weighted by Crippen LogP contribution is -2.43. The van der Waals surface area contributed by atoms with Gasteiger partial charge in [-0.1, -0.05) is 17.7 Å². The highest BCUT2D eigenvalue weighted by atomic mass is 16.5. The first-order valence-electron chi connectivity index (χ1n) is 7.80.